The van der Waals surface area contributed by atoms with Gasteiger partial charge in [-0.3, -0.25) is 4.98 Å². The second-order valence-electron chi connectivity index (χ2n) is 2.46. The summed E-state index contributed by atoms with van der Waals surface area (Å²) in [6.07, 6.45) is 3.42. The summed E-state index contributed by atoms with van der Waals surface area (Å²) in [6.45, 7) is 2.71. The molecule has 0 aromatic carbocycles. The van der Waals surface area contributed by atoms with E-state index in [0.29, 0.717) is 0 Å². The Kier molecular flexibility index (Phi) is 1.69. The number of aromatic nitrogens is 2. The molecule has 2 rings (SSSR count). The van der Waals surface area contributed by atoms with Crippen molar-refractivity contribution >= 4 is 5.82 Å². The Balaban J connectivity index is 2.33. The lowest BCUT2D eigenvalue weighted by atomic mass is 10.4. The fraction of sp³-hybridized carbons (Fsp3) is 0.429. The van der Waals surface area contributed by atoms with Crippen molar-refractivity contribution in [2.45, 2.75) is 6.54 Å². The highest BCUT2D eigenvalue weighted by atomic mass is 15.1. The molecule has 2 heterocycles. The monoisotopic (exact) mass is 150 g/mol. The first-order valence-corrected chi connectivity index (χ1v) is 3.71. The molecule has 1 aromatic rings. The molecule has 1 aliphatic rings. The third kappa shape index (κ3) is 1.30. The van der Waals surface area contributed by atoms with E-state index in [0.717, 1.165) is 31.1 Å². The molecule has 58 valence electrons. The van der Waals surface area contributed by atoms with E-state index in [1.54, 1.807) is 12.4 Å². The predicted octanol–water partition coefficient (Wildman–Crippen LogP) is -0.00830. The van der Waals surface area contributed by atoms with Gasteiger partial charge < -0.3 is 10.6 Å². The number of fused-ring (bicyclic) bond motifs is 1. The second kappa shape index (κ2) is 2.84. The first kappa shape index (κ1) is 6.54. The SMILES string of the molecule is c1cnc2c(n1)CNCCN2. The molecule has 0 bridgehead atoms. The van der Waals surface area contributed by atoms with Gasteiger partial charge in [0, 0.05) is 32.0 Å². The third-order valence-electron chi connectivity index (χ3n) is 1.66. The van der Waals surface area contributed by atoms with E-state index in [1.807, 2.05) is 0 Å². The van der Waals surface area contributed by atoms with Crippen LogP contribution in [0.1, 0.15) is 5.69 Å². The van der Waals surface area contributed by atoms with Crippen molar-refractivity contribution in [3.05, 3.63) is 18.1 Å². The molecule has 0 saturated carbocycles. The van der Waals surface area contributed by atoms with E-state index < -0.39 is 0 Å². The van der Waals surface area contributed by atoms with Gasteiger partial charge >= 0.3 is 0 Å². The number of rotatable bonds is 0. The summed E-state index contributed by atoms with van der Waals surface area (Å²) in [5.41, 5.74) is 1.00. The van der Waals surface area contributed by atoms with Gasteiger partial charge in [-0.2, -0.15) is 0 Å². The van der Waals surface area contributed by atoms with Crippen LogP contribution in [0.4, 0.5) is 5.82 Å². The van der Waals surface area contributed by atoms with E-state index in [9.17, 15) is 0 Å². The molecule has 0 saturated heterocycles. The highest BCUT2D eigenvalue weighted by molar-refractivity contribution is 5.39. The maximum absolute atomic E-state index is 4.19. The molecular weight excluding hydrogens is 140 g/mol. The van der Waals surface area contributed by atoms with Crippen LogP contribution in [0.3, 0.4) is 0 Å². The molecule has 1 aliphatic heterocycles. The fourth-order valence-electron chi connectivity index (χ4n) is 1.12. The highest BCUT2D eigenvalue weighted by Gasteiger charge is 2.06. The predicted molar refractivity (Wildman–Crippen MR) is 42.2 cm³/mol. The summed E-state index contributed by atoms with van der Waals surface area (Å²) < 4.78 is 0. The second-order valence-corrected chi connectivity index (χ2v) is 2.46. The van der Waals surface area contributed by atoms with E-state index in [1.165, 1.54) is 0 Å². The largest absolute Gasteiger partial charge is 0.367 e. The molecule has 0 unspecified atom stereocenters. The van der Waals surface area contributed by atoms with Crippen molar-refractivity contribution in [3.63, 3.8) is 0 Å². The van der Waals surface area contributed by atoms with Gasteiger partial charge in [0.05, 0.1) is 5.69 Å². The first-order chi connectivity index (χ1) is 5.47. The van der Waals surface area contributed by atoms with Gasteiger partial charge in [0.25, 0.3) is 0 Å². The van der Waals surface area contributed by atoms with E-state index in [-0.39, 0.29) is 0 Å². The highest BCUT2D eigenvalue weighted by Crippen LogP contribution is 2.08. The van der Waals surface area contributed by atoms with Crippen LogP contribution in [-0.2, 0) is 6.54 Å². The Morgan fingerprint density at radius 1 is 1.18 bits per heavy atom. The fourth-order valence-corrected chi connectivity index (χ4v) is 1.12. The number of anilines is 1. The number of nitrogens with zero attached hydrogens (tertiary/aromatic N) is 2. The quantitative estimate of drug-likeness (QED) is 0.546. The molecule has 4 nitrogen and oxygen atoms in total. The maximum atomic E-state index is 4.19. The van der Waals surface area contributed by atoms with Gasteiger partial charge in [-0.15, -0.1) is 0 Å². The third-order valence-corrected chi connectivity index (χ3v) is 1.66. The molecule has 1 aromatic heterocycles. The molecule has 0 aliphatic carbocycles. The Morgan fingerprint density at radius 3 is 3.09 bits per heavy atom. The molecule has 0 radical (unpaired) electrons. The maximum Gasteiger partial charge on any atom is 0.149 e. The van der Waals surface area contributed by atoms with Crippen molar-refractivity contribution in [1.82, 2.24) is 15.3 Å². The lowest BCUT2D eigenvalue weighted by Gasteiger charge is -2.01. The topological polar surface area (TPSA) is 49.8 Å². The van der Waals surface area contributed by atoms with E-state index in [2.05, 4.69) is 20.6 Å². The average Bonchev–Trinajstić information content (AvgIpc) is 2.28. The zero-order chi connectivity index (χ0) is 7.52. The lowest BCUT2D eigenvalue weighted by Crippen LogP contribution is -2.17. The van der Waals surface area contributed by atoms with Gasteiger partial charge in [-0.25, -0.2) is 4.98 Å². The van der Waals surface area contributed by atoms with Gasteiger partial charge in [0.2, 0.25) is 0 Å². The van der Waals surface area contributed by atoms with Crippen LogP contribution >= 0.6 is 0 Å². The van der Waals surface area contributed by atoms with Crippen molar-refractivity contribution in [2.24, 2.45) is 0 Å². The van der Waals surface area contributed by atoms with Crippen molar-refractivity contribution in [2.75, 3.05) is 18.4 Å². The van der Waals surface area contributed by atoms with Crippen LogP contribution in [0.2, 0.25) is 0 Å². The summed E-state index contributed by atoms with van der Waals surface area (Å²) in [5.74, 6) is 0.914. The van der Waals surface area contributed by atoms with Gasteiger partial charge in [0.15, 0.2) is 0 Å². The molecule has 0 atom stereocenters. The summed E-state index contributed by atoms with van der Waals surface area (Å²) in [4.78, 5) is 8.36. The van der Waals surface area contributed by atoms with Crippen LogP contribution in [0.25, 0.3) is 0 Å². The molecule has 2 N–H and O–H groups in total. The summed E-state index contributed by atoms with van der Waals surface area (Å²) in [5, 5.41) is 6.43. The van der Waals surface area contributed by atoms with Crippen LogP contribution in [0.15, 0.2) is 12.4 Å². The van der Waals surface area contributed by atoms with Gasteiger partial charge in [-0.05, 0) is 0 Å². The Hall–Kier alpha value is -1.16. The molecule has 0 spiro atoms. The van der Waals surface area contributed by atoms with Crippen LogP contribution < -0.4 is 10.6 Å². The smallest absolute Gasteiger partial charge is 0.149 e. The standard InChI is InChI=1S/C7H10N4/c1-2-10-7-6(5-8-1)9-3-4-11-7/h3-4,8H,1-2,5H2,(H,10,11). The summed E-state index contributed by atoms with van der Waals surface area (Å²) in [7, 11) is 0. The normalized spacial score (nSPS) is 16.4. The van der Waals surface area contributed by atoms with E-state index >= 15 is 0 Å². The minimum absolute atomic E-state index is 0.816. The minimum atomic E-state index is 0.816. The van der Waals surface area contributed by atoms with E-state index in [4.69, 9.17) is 0 Å². The first-order valence-electron chi connectivity index (χ1n) is 3.71. The zero-order valence-corrected chi connectivity index (χ0v) is 6.17. The molecule has 11 heavy (non-hydrogen) atoms. The minimum Gasteiger partial charge on any atom is -0.367 e. The molecule has 0 fully saturated rings. The van der Waals surface area contributed by atoms with Crippen LogP contribution in [-0.4, -0.2) is 23.1 Å². The lowest BCUT2D eigenvalue weighted by molar-refractivity contribution is 0.712. The van der Waals surface area contributed by atoms with Crippen LogP contribution in [0, 0.1) is 0 Å². The molecular formula is C7H10N4. The van der Waals surface area contributed by atoms with Crippen molar-refractivity contribution in [1.29, 1.82) is 0 Å². The molecule has 0 amide bonds. The zero-order valence-electron chi connectivity index (χ0n) is 6.17. The van der Waals surface area contributed by atoms with Gasteiger partial charge in [0.1, 0.15) is 5.82 Å². The number of hydrogen-bond donors (Lipinski definition) is 2. The number of hydrogen-bond acceptors (Lipinski definition) is 4. The summed E-state index contributed by atoms with van der Waals surface area (Å²) in [6, 6.07) is 0. The number of nitrogens with one attached hydrogen (secondary N) is 2. The Labute approximate surface area is 65.1 Å². The Bertz CT molecular complexity index is 223. The average molecular weight is 150 g/mol. The molecule has 4 heteroatoms. The Morgan fingerprint density at radius 2 is 2.09 bits per heavy atom. The van der Waals surface area contributed by atoms with Crippen LogP contribution in [0.5, 0.6) is 0 Å². The summed E-state index contributed by atoms with van der Waals surface area (Å²) >= 11 is 0. The van der Waals surface area contributed by atoms with Crippen molar-refractivity contribution in [3.8, 4) is 0 Å². The van der Waals surface area contributed by atoms with Gasteiger partial charge in [-0.1, -0.05) is 0 Å². The van der Waals surface area contributed by atoms with Crippen molar-refractivity contribution < 1.29 is 0 Å².